The quantitative estimate of drug-likeness (QED) is 0.0593. The number of aliphatic carboxylic acids is 1. The molecule has 0 amide bonds. The third-order valence-electron chi connectivity index (χ3n) is 10.2. The van der Waals surface area contributed by atoms with Gasteiger partial charge in [0.25, 0.3) is 0 Å². The Morgan fingerprint density at radius 2 is 1.66 bits per heavy atom. The number of hydrogen-bond donors (Lipinski definition) is 1. The Kier molecular flexibility index (Phi) is 14.4. The van der Waals surface area contributed by atoms with E-state index < -0.39 is 11.4 Å². The lowest BCUT2D eigenvalue weighted by atomic mass is 9.88. The van der Waals surface area contributed by atoms with Gasteiger partial charge in [-0.05, 0) is 87.2 Å². The van der Waals surface area contributed by atoms with Crippen LogP contribution in [0.2, 0.25) is 0 Å². The Bertz CT molecular complexity index is 1900. The minimum absolute atomic E-state index is 0.224. The number of hydrogen-bond acceptors (Lipinski definition) is 6. The Hall–Kier alpha value is -4.30. The van der Waals surface area contributed by atoms with E-state index in [-0.39, 0.29) is 6.10 Å². The maximum absolute atomic E-state index is 12.6. The van der Waals surface area contributed by atoms with Crippen LogP contribution in [-0.2, 0) is 17.8 Å². The summed E-state index contributed by atoms with van der Waals surface area (Å²) in [6, 6.07) is 26.4. The molecule has 5 rings (SSSR count). The SMILES string of the molecule is CCCCC(CCCC)CCCSc1c(CC(C)(C)C(=O)O)n(Cc2ccc(-c3cccc(OC)n3)cc2)c2ccc(OC(C)c3ccccn3)cc12. The van der Waals surface area contributed by atoms with Crippen molar-refractivity contribution in [1.29, 1.82) is 0 Å². The molecule has 8 heteroatoms. The molecule has 0 fully saturated rings. The summed E-state index contributed by atoms with van der Waals surface area (Å²) in [6.07, 6.45) is 12.0. The molecular formula is C45H57N3O4S. The highest BCUT2D eigenvalue weighted by atomic mass is 32.2. The van der Waals surface area contributed by atoms with Gasteiger partial charge in [0, 0.05) is 52.3 Å². The number of unbranched alkanes of at least 4 members (excludes halogenated alkanes) is 2. The molecule has 0 spiro atoms. The third kappa shape index (κ3) is 10.7. The molecule has 2 aromatic carbocycles. The second kappa shape index (κ2) is 19.2. The molecule has 5 aromatic rings. The largest absolute Gasteiger partial charge is 0.484 e. The van der Waals surface area contributed by atoms with Gasteiger partial charge in [0.1, 0.15) is 11.9 Å². The normalized spacial score (nSPS) is 12.4. The van der Waals surface area contributed by atoms with E-state index >= 15 is 0 Å². The van der Waals surface area contributed by atoms with Crippen molar-refractivity contribution in [2.24, 2.45) is 11.3 Å². The summed E-state index contributed by atoms with van der Waals surface area (Å²) in [6.45, 7) is 10.8. The molecular weight excluding hydrogens is 679 g/mol. The molecule has 3 aromatic heterocycles. The maximum Gasteiger partial charge on any atom is 0.309 e. The van der Waals surface area contributed by atoms with Gasteiger partial charge >= 0.3 is 5.97 Å². The van der Waals surface area contributed by atoms with Crippen LogP contribution in [-0.4, -0.2) is 38.5 Å². The number of carboxylic acids is 1. The zero-order chi connectivity index (χ0) is 37.8. The van der Waals surface area contributed by atoms with Crippen LogP contribution in [0.25, 0.3) is 22.2 Å². The lowest BCUT2D eigenvalue weighted by molar-refractivity contribution is -0.146. The molecule has 1 atom stereocenters. The summed E-state index contributed by atoms with van der Waals surface area (Å²) in [5.74, 6) is 2.30. The van der Waals surface area contributed by atoms with Crippen LogP contribution in [0.1, 0.15) is 109 Å². The van der Waals surface area contributed by atoms with Crippen molar-refractivity contribution in [3.05, 3.63) is 102 Å². The fourth-order valence-electron chi connectivity index (χ4n) is 6.94. The fraction of sp³-hybridized carbons (Fsp3) is 0.444. The molecule has 7 nitrogen and oxygen atoms in total. The lowest BCUT2D eigenvalue weighted by Crippen LogP contribution is -2.27. The second-order valence-corrected chi connectivity index (χ2v) is 15.9. The number of ether oxygens (including phenoxy) is 2. The number of carboxylic acid groups (broad SMARTS) is 1. The molecule has 53 heavy (non-hydrogen) atoms. The highest BCUT2D eigenvalue weighted by Gasteiger charge is 2.32. The van der Waals surface area contributed by atoms with Gasteiger partial charge in [-0.15, -0.1) is 11.8 Å². The predicted molar refractivity (Wildman–Crippen MR) is 218 cm³/mol. The van der Waals surface area contributed by atoms with Gasteiger partial charge in [-0.3, -0.25) is 9.78 Å². The van der Waals surface area contributed by atoms with E-state index in [1.165, 1.54) is 44.9 Å². The van der Waals surface area contributed by atoms with E-state index in [1.807, 2.05) is 75.0 Å². The number of rotatable bonds is 21. The van der Waals surface area contributed by atoms with E-state index in [4.69, 9.17) is 9.47 Å². The average molecular weight is 736 g/mol. The molecule has 0 saturated heterocycles. The number of pyridine rings is 2. The molecule has 0 bridgehead atoms. The Morgan fingerprint density at radius 1 is 0.925 bits per heavy atom. The predicted octanol–water partition coefficient (Wildman–Crippen LogP) is 11.8. The summed E-state index contributed by atoms with van der Waals surface area (Å²) in [4.78, 5) is 22.9. The van der Waals surface area contributed by atoms with Gasteiger partial charge in [-0.25, -0.2) is 4.98 Å². The van der Waals surface area contributed by atoms with Gasteiger partial charge < -0.3 is 19.1 Å². The van der Waals surface area contributed by atoms with Crippen molar-refractivity contribution in [2.45, 2.75) is 110 Å². The first-order valence-corrected chi connectivity index (χ1v) is 20.3. The highest BCUT2D eigenvalue weighted by Crippen LogP contribution is 2.41. The molecule has 1 N–H and O–H groups in total. The number of carbonyl (C=O) groups is 1. The maximum atomic E-state index is 12.6. The lowest BCUT2D eigenvalue weighted by Gasteiger charge is -2.22. The first-order chi connectivity index (χ1) is 25.6. The number of thioether (sulfide) groups is 1. The van der Waals surface area contributed by atoms with Gasteiger partial charge in [0.15, 0.2) is 0 Å². The van der Waals surface area contributed by atoms with E-state index in [2.05, 4.69) is 64.8 Å². The summed E-state index contributed by atoms with van der Waals surface area (Å²) in [5, 5.41) is 11.4. The number of nitrogens with zero attached hydrogens (tertiary/aromatic N) is 3. The molecule has 0 aliphatic rings. The minimum atomic E-state index is -0.957. The van der Waals surface area contributed by atoms with E-state index in [0.29, 0.717) is 18.8 Å². The zero-order valence-electron chi connectivity index (χ0n) is 32.4. The smallest absolute Gasteiger partial charge is 0.309 e. The number of aromatic nitrogens is 3. The van der Waals surface area contributed by atoms with Crippen LogP contribution in [0.3, 0.4) is 0 Å². The van der Waals surface area contributed by atoms with Gasteiger partial charge in [-0.1, -0.05) is 88.8 Å². The van der Waals surface area contributed by atoms with Crippen molar-refractivity contribution in [3.63, 3.8) is 0 Å². The molecule has 1 unspecified atom stereocenters. The first-order valence-electron chi connectivity index (χ1n) is 19.3. The van der Waals surface area contributed by atoms with Crippen molar-refractivity contribution in [1.82, 2.24) is 14.5 Å². The molecule has 0 aliphatic heterocycles. The number of benzene rings is 2. The van der Waals surface area contributed by atoms with E-state index in [0.717, 1.165) is 67.8 Å². The molecule has 282 valence electrons. The van der Waals surface area contributed by atoms with Crippen LogP contribution < -0.4 is 9.47 Å². The zero-order valence-corrected chi connectivity index (χ0v) is 33.3. The third-order valence-corrected chi connectivity index (χ3v) is 11.4. The van der Waals surface area contributed by atoms with Crippen molar-refractivity contribution >= 4 is 28.6 Å². The molecule has 3 heterocycles. The Morgan fingerprint density at radius 3 is 2.32 bits per heavy atom. The monoisotopic (exact) mass is 735 g/mol. The van der Waals surface area contributed by atoms with Gasteiger partial charge in [-0.2, -0.15) is 0 Å². The topological polar surface area (TPSA) is 86.5 Å². The molecule has 0 saturated carbocycles. The number of methoxy groups -OCH3 is 1. The van der Waals surface area contributed by atoms with Gasteiger partial charge in [0.05, 0.1) is 23.9 Å². The van der Waals surface area contributed by atoms with Crippen molar-refractivity contribution in [3.8, 4) is 22.9 Å². The van der Waals surface area contributed by atoms with Crippen LogP contribution in [0.4, 0.5) is 0 Å². The average Bonchev–Trinajstić information content (AvgIpc) is 3.44. The molecule has 0 radical (unpaired) electrons. The minimum Gasteiger partial charge on any atom is -0.484 e. The van der Waals surface area contributed by atoms with Gasteiger partial charge in [0.2, 0.25) is 5.88 Å². The van der Waals surface area contributed by atoms with Crippen LogP contribution in [0.15, 0.2) is 90.0 Å². The van der Waals surface area contributed by atoms with Crippen LogP contribution >= 0.6 is 11.8 Å². The summed E-state index contributed by atoms with van der Waals surface area (Å²) >= 11 is 1.88. The van der Waals surface area contributed by atoms with Crippen LogP contribution in [0, 0.1) is 11.3 Å². The second-order valence-electron chi connectivity index (χ2n) is 14.8. The van der Waals surface area contributed by atoms with Crippen LogP contribution in [0.5, 0.6) is 11.6 Å². The Balaban J connectivity index is 1.52. The van der Waals surface area contributed by atoms with Crippen molar-refractivity contribution in [2.75, 3.05) is 12.9 Å². The standard InChI is InChI=1S/C45H57N3O4S/c1-7-9-15-33(16-10-8-2)17-14-28-53-43-37-29-36(52-32(3)38-18-11-12-27-46-38)25-26-40(37)48(41(43)30-45(4,5)44(49)50)31-34-21-23-35(24-22-34)39-19-13-20-42(47-39)51-6/h11-13,18-27,29,32-33H,7-10,14-17,28,30-31H2,1-6H3,(H,49,50). The van der Waals surface area contributed by atoms with Crippen molar-refractivity contribution < 1.29 is 19.4 Å². The van der Waals surface area contributed by atoms with E-state index in [9.17, 15) is 9.90 Å². The summed E-state index contributed by atoms with van der Waals surface area (Å²) in [5.41, 5.74) is 5.03. The Labute approximate surface area is 320 Å². The number of fused-ring (bicyclic) bond motifs is 1. The molecule has 0 aliphatic carbocycles. The first kappa shape index (κ1) is 39.9. The fourth-order valence-corrected chi connectivity index (χ4v) is 8.12. The summed E-state index contributed by atoms with van der Waals surface area (Å²) < 4.78 is 14.2. The van der Waals surface area contributed by atoms with E-state index in [1.54, 1.807) is 13.3 Å². The highest BCUT2D eigenvalue weighted by molar-refractivity contribution is 7.99. The summed E-state index contributed by atoms with van der Waals surface area (Å²) in [7, 11) is 1.63.